The fourth-order valence-electron chi connectivity index (χ4n) is 15.3. The van der Waals surface area contributed by atoms with Crippen molar-refractivity contribution in [2.45, 2.75) is 150 Å². The second kappa shape index (κ2) is 49.5. The first kappa shape index (κ1) is 108. The van der Waals surface area contributed by atoms with Gasteiger partial charge < -0.3 is 85.5 Å². The Hall–Kier alpha value is -15.6. The molecule has 38 heteroatoms. The fourth-order valence-corrected chi connectivity index (χ4v) is 15.3. The van der Waals surface area contributed by atoms with Crippen LogP contribution in [0.4, 0.5) is 17.6 Å². The molecule has 8 heterocycles. The number of hydrogen-bond acceptors (Lipinski definition) is 22. The number of fused-ring (bicyclic) bond motifs is 4. The van der Waals surface area contributed by atoms with Crippen LogP contribution >= 0.6 is 0 Å². The molecule has 0 fully saturated rings. The van der Waals surface area contributed by atoms with E-state index >= 15 is 0 Å². The number of nitriles is 1. The molecule has 4 aromatic carbocycles. The van der Waals surface area contributed by atoms with Gasteiger partial charge in [-0.1, -0.05) is 52.0 Å². The number of aryl methyl sites for hydroxylation is 8. The number of aromatic nitrogens is 8. The second-order valence-electron chi connectivity index (χ2n) is 34.5. The molecule has 740 valence electrons. The maximum atomic E-state index is 14.0. The number of aromatic hydroxyl groups is 4. The predicted octanol–water partition coefficient (Wildman–Crippen LogP) is 9.47. The van der Waals surface area contributed by atoms with Gasteiger partial charge in [0.1, 0.15) is 74.1 Å². The molecule has 8 amide bonds. The number of carbonyl (C=O) groups is 8. The van der Waals surface area contributed by atoms with Crippen LogP contribution in [0.2, 0.25) is 0 Å². The van der Waals surface area contributed by atoms with Gasteiger partial charge in [-0.2, -0.15) is 5.26 Å². The number of benzene rings is 4. The van der Waals surface area contributed by atoms with Gasteiger partial charge in [0.15, 0.2) is 23.0 Å². The Morgan fingerprint density at radius 3 is 0.900 bits per heavy atom. The molecule has 0 bridgehead atoms. The molecule has 0 atom stereocenters. The molecular weight excluding hydrogens is 1810 g/mol. The normalized spacial score (nSPS) is 11.0. The second-order valence-corrected chi connectivity index (χ2v) is 34.5. The Labute approximate surface area is 804 Å². The molecule has 0 saturated heterocycles. The lowest BCUT2D eigenvalue weighted by molar-refractivity contribution is -0.129. The summed E-state index contributed by atoms with van der Waals surface area (Å²) in [6, 6.07) is 26.3. The molecule has 11 N–H and O–H groups in total. The van der Waals surface area contributed by atoms with Crippen LogP contribution < -0.4 is 54.1 Å². The van der Waals surface area contributed by atoms with Crippen LogP contribution in [0.15, 0.2) is 141 Å². The Kier molecular flexibility index (Phi) is 38.2. The van der Waals surface area contributed by atoms with Crippen LogP contribution in [0.1, 0.15) is 201 Å². The molecule has 12 aromatic rings. The van der Waals surface area contributed by atoms with Crippen molar-refractivity contribution in [2.24, 2.45) is 28.2 Å². The van der Waals surface area contributed by atoms with Crippen molar-refractivity contribution in [3.05, 3.63) is 276 Å². The van der Waals surface area contributed by atoms with E-state index < -0.39 is 86.0 Å². The number of amides is 8. The standard InChI is InChI=1S/C27H33FN4O5.C26H28FN5O4.C25H29FN4O4.C24H27FN4O4/c1-5-10-29-25(36)22-24(35)23-20(32(4)26(22)37)12-16(14-30-23)11-17-6-8-19(28)13-18(17)7-9-21(34)31-27(2,3)15-33;1-4-10-29-25(35)22-24(34)23-20(32(3)26(22)36)13-16(15-30-23)12-17-5-7-19(27)14-18(17)6-8-21(33)31(2)11-9-28;1-5-10-27-24(33)21-23(32)22-19(30(4)25(21)34)12-15(14-28-22)11-16-6-8-18(26)13-17(16)7-9-20(31)29(2)3;1-4-9-27-23(32)20-22(31)21-18(29(3)24(20)33)11-14(13-28-21)10-15-5-7-17(25)12-16(15)6-8-19(30)26-2/h6,8,12-14,33,35H,5,7,9-11,15H2,1-4H3,(H,29,36)(H,31,34);5,7,13-15,34H,4,6,8,10-12H2,1-3H3,(H,29,35);6,8,12-14,32H,5,7,9-11H2,1-4H3,(H,27,33);5,7,11-13,31H,4,6,8-10H2,1-3H3,(H,26,30)(H,27,32). The summed E-state index contributed by atoms with van der Waals surface area (Å²) >= 11 is 0. The quantitative estimate of drug-likeness (QED) is 0.0130. The van der Waals surface area contributed by atoms with Crippen LogP contribution in [-0.4, -0.2) is 194 Å². The summed E-state index contributed by atoms with van der Waals surface area (Å²) in [5.41, 5.74) is 6.08. The zero-order chi connectivity index (χ0) is 103. The summed E-state index contributed by atoms with van der Waals surface area (Å²) in [7, 11) is 12.5. The van der Waals surface area contributed by atoms with Crippen molar-refractivity contribution in [2.75, 3.05) is 67.5 Å². The number of aliphatic hydroxyl groups excluding tert-OH is 1. The van der Waals surface area contributed by atoms with Crippen LogP contribution in [-0.2, 0) is 98.7 Å². The maximum Gasteiger partial charge on any atom is 0.267 e. The lowest BCUT2D eigenvalue weighted by Gasteiger charge is -2.23. The highest BCUT2D eigenvalue weighted by atomic mass is 19.1. The predicted molar refractivity (Wildman–Crippen MR) is 521 cm³/mol. The van der Waals surface area contributed by atoms with Gasteiger partial charge in [0, 0.05) is 133 Å². The molecule has 0 unspecified atom stereocenters. The Morgan fingerprint density at radius 1 is 0.400 bits per heavy atom. The van der Waals surface area contributed by atoms with Crippen molar-refractivity contribution in [1.29, 1.82) is 5.26 Å². The minimum Gasteiger partial charge on any atom is -0.505 e. The SMILES string of the molecule is CCCNC(=O)c1c(O)c2ncc(Cc3ccc(F)cc3CCC(=O)N(C)C)cc2n(C)c1=O.CCCNC(=O)c1c(O)c2ncc(Cc3ccc(F)cc3CCC(=O)N(C)CC#N)cc2n(C)c1=O.CCCNC(=O)c1c(O)c2ncc(Cc3ccc(F)cc3CCC(=O)NC(C)(C)CO)cc2n(C)c1=O.CCCNC(=O)c1c(O)c2ncc(Cc3ccc(F)cc3CCC(=O)NC)cc2n(C)c1=O. The summed E-state index contributed by atoms with van der Waals surface area (Å²) < 4.78 is 60.8. The third-order valence-corrected chi connectivity index (χ3v) is 23.2. The van der Waals surface area contributed by atoms with Gasteiger partial charge in [0.05, 0.1) is 40.3 Å². The van der Waals surface area contributed by atoms with Crippen LogP contribution in [0.25, 0.3) is 44.1 Å². The van der Waals surface area contributed by atoms with Crippen molar-refractivity contribution in [3.63, 3.8) is 0 Å². The number of aliphatic hydroxyl groups is 1. The molecule has 0 spiro atoms. The molecule has 12 rings (SSSR count). The van der Waals surface area contributed by atoms with Crippen molar-refractivity contribution >= 4 is 91.4 Å². The van der Waals surface area contributed by atoms with Crippen molar-refractivity contribution in [3.8, 4) is 29.1 Å². The number of nitrogens with one attached hydrogen (secondary N) is 6. The lowest BCUT2D eigenvalue weighted by Crippen LogP contribution is -2.46. The van der Waals surface area contributed by atoms with Gasteiger partial charge in [0.2, 0.25) is 23.6 Å². The monoisotopic (exact) mass is 1930 g/mol. The van der Waals surface area contributed by atoms with Gasteiger partial charge >= 0.3 is 0 Å². The highest BCUT2D eigenvalue weighted by Crippen LogP contribution is 2.33. The Morgan fingerprint density at radius 2 is 0.657 bits per heavy atom. The topological polar surface area (TPSA) is 480 Å². The summed E-state index contributed by atoms with van der Waals surface area (Å²) in [6.45, 7) is 12.2. The Balaban J connectivity index is 0.000000209. The van der Waals surface area contributed by atoms with Gasteiger partial charge in [-0.3, -0.25) is 77.5 Å². The molecule has 0 saturated carbocycles. The number of nitrogens with zero attached hydrogens (tertiary/aromatic N) is 11. The van der Waals surface area contributed by atoms with E-state index in [-0.39, 0.29) is 131 Å². The molecular formula is C102H117F4N17O17. The minimum atomic E-state index is -0.753. The largest absolute Gasteiger partial charge is 0.505 e. The van der Waals surface area contributed by atoms with Crippen LogP contribution in [0.3, 0.4) is 0 Å². The number of rotatable bonds is 35. The van der Waals surface area contributed by atoms with E-state index in [0.29, 0.717) is 140 Å². The smallest absolute Gasteiger partial charge is 0.267 e. The summed E-state index contributed by atoms with van der Waals surface area (Å²) in [5, 5.41) is 76.4. The van der Waals surface area contributed by atoms with Gasteiger partial charge in [-0.25, -0.2) is 17.6 Å². The average molecular weight is 1930 g/mol. The van der Waals surface area contributed by atoms with Crippen LogP contribution in [0.5, 0.6) is 23.0 Å². The van der Waals surface area contributed by atoms with E-state index in [0.717, 1.165) is 38.9 Å². The highest BCUT2D eigenvalue weighted by molar-refractivity contribution is 6.04. The molecule has 0 aliphatic rings. The maximum absolute atomic E-state index is 14.0. The third kappa shape index (κ3) is 27.3. The molecule has 0 radical (unpaired) electrons. The first-order valence-corrected chi connectivity index (χ1v) is 45.5. The molecule has 0 aliphatic carbocycles. The van der Waals surface area contributed by atoms with Gasteiger partial charge in [-0.15, -0.1) is 0 Å². The van der Waals surface area contributed by atoms with E-state index in [1.807, 2.05) is 33.8 Å². The molecule has 34 nitrogen and oxygen atoms in total. The molecule has 140 heavy (non-hydrogen) atoms. The first-order chi connectivity index (χ1) is 66.5. The summed E-state index contributed by atoms with van der Waals surface area (Å²) in [6.07, 6.45) is 12.4. The van der Waals surface area contributed by atoms with E-state index in [1.54, 1.807) is 95.9 Å². The Bertz CT molecular complexity index is 7010. The average Bonchev–Trinajstić information content (AvgIpc) is 0.773. The highest BCUT2D eigenvalue weighted by Gasteiger charge is 2.29. The molecule has 0 aliphatic heterocycles. The number of pyridine rings is 8. The fraction of sp³-hybridized carbons (Fsp3) is 0.363. The first-order valence-electron chi connectivity index (χ1n) is 45.5. The van der Waals surface area contributed by atoms with Crippen molar-refractivity contribution < 1.29 is 81.5 Å². The minimum absolute atomic E-state index is 0.0227. The number of carbonyl (C=O) groups excluding carboxylic acids is 8. The third-order valence-electron chi connectivity index (χ3n) is 23.2. The molecule has 8 aromatic heterocycles. The summed E-state index contributed by atoms with van der Waals surface area (Å²) in [5.74, 6) is -6.75. The zero-order valence-electron chi connectivity index (χ0n) is 80.7. The van der Waals surface area contributed by atoms with Gasteiger partial charge in [0.25, 0.3) is 45.9 Å². The van der Waals surface area contributed by atoms with E-state index in [4.69, 9.17) is 5.26 Å². The van der Waals surface area contributed by atoms with Crippen LogP contribution in [0, 0.1) is 34.6 Å². The number of hydrogen-bond donors (Lipinski definition) is 11. The van der Waals surface area contributed by atoms with Crippen molar-refractivity contribution in [1.82, 2.24) is 79.9 Å². The lowest BCUT2D eigenvalue weighted by atomic mass is 9.96. The van der Waals surface area contributed by atoms with Gasteiger partial charge in [-0.05, 0) is 230 Å². The summed E-state index contributed by atoms with van der Waals surface area (Å²) in [4.78, 5) is 169. The van der Waals surface area contributed by atoms with E-state index in [2.05, 4.69) is 51.8 Å². The zero-order valence-corrected chi connectivity index (χ0v) is 80.7. The van der Waals surface area contributed by atoms with E-state index in [9.17, 15) is 101 Å². The van der Waals surface area contributed by atoms with E-state index in [1.165, 1.54) is 124 Å². The number of halogens is 4.